The fraction of sp³-hybridized carbons (Fsp3) is 0.222. The third kappa shape index (κ3) is 2.74. The third-order valence-electron chi connectivity index (χ3n) is 1.80. The summed E-state index contributed by atoms with van der Waals surface area (Å²) in [6.07, 6.45) is 3.27. The maximum Gasteiger partial charge on any atom is 0.291 e. The van der Waals surface area contributed by atoms with Crippen LogP contribution in [0.5, 0.6) is 0 Å². The van der Waals surface area contributed by atoms with Gasteiger partial charge in [-0.25, -0.2) is 4.98 Å². The van der Waals surface area contributed by atoms with Gasteiger partial charge in [0.2, 0.25) is 0 Å². The minimum absolute atomic E-state index is 0.0453. The number of nitrogens with zero attached hydrogens (tertiary/aromatic N) is 2. The first-order valence-electron chi connectivity index (χ1n) is 4.24. The lowest BCUT2D eigenvalue weighted by molar-refractivity contribution is -0.385. The van der Waals surface area contributed by atoms with Crippen molar-refractivity contribution in [2.24, 2.45) is 5.73 Å². The predicted octanol–water partition coefficient (Wildman–Crippen LogP) is 1.92. The number of hydrogen-bond donors (Lipinski definition) is 1. The number of aromatic nitrogens is 1. The van der Waals surface area contributed by atoms with Gasteiger partial charge >= 0.3 is 0 Å². The molecule has 5 nitrogen and oxygen atoms in total. The van der Waals surface area contributed by atoms with Crippen molar-refractivity contribution in [1.29, 1.82) is 0 Å². The Morgan fingerprint density at radius 2 is 2.40 bits per heavy atom. The van der Waals surface area contributed by atoms with Crippen molar-refractivity contribution in [3.8, 4) is 0 Å². The van der Waals surface area contributed by atoms with Gasteiger partial charge in [0.1, 0.15) is 10.8 Å². The van der Waals surface area contributed by atoms with Gasteiger partial charge in [-0.3, -0.25) is 10.1 Å². The molecule has 0 aromatic carbocycles. The van der Waals surface area contributed by atoms with Gasteiger partial charge in [0, 0.05) is 18.2 Å². The topological polar surface area (TPSA) is 82.0 Å². The van der Waals surface area contributed by atoms with Crippen LogP contribution in [0, 0.1) is 17.0 Å². The van der Waals surface area contributed by atoms with Crippen molar-refractivity contribution < 1.29 is 4.92 Å². The van der Waals surface area contributed by atoms with Gasteiger partial charge in [-0.05, 0) is 6.92 Å². The largest absolute Gasteiger partial charge is 0.327 e. The van der Waals surface area contributed by atoms with E-state index < -0.39 is 4.92 Å². The minimum Gasteiger partial charge on any atom is -0.327 e. The first kappa shape index (κ1) is 11.6. The van der Waals surface area contributed by atoms with Gasteiger partial charge in [-0.15, -0.1) is 0 Å². The maximum atomic E-state index is 10.6. The Hall–Kier alpha value is -1.46. The van der Waals surface area contributed by atoms with E-state index in [0.717, 1.165) is 0 Å². The molecule has 0 saturated heterocycles. The highest BCUT2D eigenvalue weighted by Gasteiger charge is 2.14. The van der Waals surface area contributed by atoms with Crippen LogP contribution in [0.4, 0.5) is 5.69 Å². The monoisotopic (exact) mass is 227 g/mol. The van der Waals surface area contributed by atoms with E-state index >= 15 is 0 Å². The Morgan fingerprint density at radius 1 is 1.73 bits per heavy atom. The van der Waals surface area contributed by atoms with Crippen LogP contribution in [0.2, 0.25) is 5.15 Å². The standard InChI is InChI=1S/C9H10ClN3O2/c1-6-8(13(14)15)5-7(3-2-4-11)9(10)12-6/h2-3,5H,4,11H2,1H3. The van der Waals surface area contributed by atoms with Crippen LogP contribution in [-0.4, -0.2) is 16.5 Å². The lowest BCUT2D eigenvalue weighted by Crippen LogP contribution is -1.97. The van der Waals surface area contributed by atoms with E-state index in [-0.39, 0.29) is 10.8 Å². The normalized spacial score (nSPS) is 10.9. The Morgan fingerprint density at radius 3 is 2.93 bits per heavy atom. The molecular formula is C9H10ClN3O2. The summed E-state index contributed by atoms with van der Waals surface area (Å²) in [4.78, 5) is 14.0. The quantitative estimate of drug-likeness (QED) is 0.486. The van der Waals surface area contributed by atoms with E-state index in [4.69, 9.17) is 17.3 Å². The molecule has 0 bridgehead atoms. The molecule has 0 amide bonds. The molecule has 0 atom stereocenters. The molecule has 1 aromatic rings. The van der Waals surface area contributed by atoms with E-state index in [1.54, 1.807) is 19.1 Å². The van der Waals surface area contributed by atoms with Crippen molar-refractivity contribution in [3.63, 3.8) is 0 Å². The molecule has 1 aromatic heterocycles. The number of nitrogens with two attached hydrogens (primary N) is 1. The average molecular weight is 228 g/mol. The summed E-state index contributed by atoms with van der Waals surface area (Å²) in [5.41, 5.74) is 6.02. The minimum atomic E-state index is -0.488. The highest BCUT2D eigenvalue weighted by molar-refractivity contribution is 6.30. The zero-order valence-corrected chi connectivity index (χ0v) is 8.86. The molecule has 0 radical (unpaired) electrons. The Balaban J connectivity index is 3.23. The first-order valence-corrected chi connectivity index (χ1v) is 4.62. The van der Waals surface area contributed by atoms with Crippen LogP contribution >= 0.6 is 11.6 Å². The fourth-order valence-corrected chi connectivity index (χ4v) is 1.32. The van der Waals surface area contributed by atoms with Crippen LogP contribution in [0.1, 0.15) is 11.3 Å². The summed E-state index contributed by atoms with van der Waals surface area (Å²) < 4.78 is 0. The second-order valence-electron chi connectivity index (χ2n) is 2.87. The average Bonchev–Trinajstić information content (AvgIpc) is 2.16. The van der Waals surface area contributed by atoms with Gasteiger partial charge < -0.3 is 5.73 Å². The Labute approximate surface area is 91.7 Å². The predicted molar refractivity (Wildman–Crippen MR) is 58.7 cm³/mol. The van der Waals surface area contributed by atoms with Gasteiger partial charge in [0.15, 0.2) is 0 Å². The zero-order chi connectivity index (χ0) is 11.4. The molecule has 0 saturated carbocycles. The Bertz CT molecular complexity index is 418. The van der Waals surface area contributed by atoms with Crippen molar-refractivity contribution in [1.82, 2.24) is 4.98 Å². The highest BCUT2D eigenvalue weighted by atomic mass is 35.5. The SMILES string of the molecule is Cc1nc(Cl)c(C=CCN)cc1[N+](=O)[O-]. The number of hydrogen-bond acceptors (Lipinski definition) is 4. The van der Waals surface area contributed by atoms with Crippen LogP contribution in [0.3, 0.4) is 0 Å². The molecule has 0 aliphatic carbocycles. The Kier molecular flexibility index (Phi) is 3.76. The lowest BCUT2D eigenvalue weighted by Gasteiger charge is -2.00. The molecule has 0 spiro atoms. The van der Waals surface area contributed by atoms with Crippen LogP contribution in [0.15, 0.2) is 12.1 Å². The van der Waals surface area contributed by atoms with E-state index in [0.29, 0.717) is 17.8 Å². The summed E-state index contributed by atoms with van der Waals surface area (Å²) in [5, 5.41) is 10.9. The summed E-state index contributed by atoms with van der Waals surface area (Å²) in [5.74, 6) is 0. The molecule has 1 rings (SSSR count). The molecule has 1 heterocycles. The molecule has 80 valence electrons. The second kappa shape index (κ2) is 4.86. The zero-order valence-electron chi connectivity index (χ0n) is 8.11. The maximum absolute atomic E-state index is 10.6. The van der Waals surface area contributed by atoms with Crippen molar-refractivity contribution in [2.45, 2.75) is 6.92 Å². The molecule has 6 heteroatoms. The van der Waals surface area contributed by atoms with E-state index in [1.807, 2.05) is 0 Å². The summed E-state index contributed by atoms with van der Waals surface area (Å²) in [6.45, 7) is 1.89. The van der Waals surface area contributed by atoms with Gasteiger partial charge in [0.05, 0.1) is 4.92 Å². The van der Waals surface area contributed by atoms with Gasteiger partial charge in [-0.2, -0.15) is 0 Å². The molecule has 15 heavy (non-hydrogen) atoms. The molecule has 0 aliphatic rings. The smallest absolute Gasteiger partial charge is 0.291 e. The molecule has 0 aliphatic heterocycles. The lowest BCUT2D eigenvalue weighted by atomic mass is 10.2. The number of aryl methyl sites for hydroxylation is 1. The van der Waals surface area contributed by atoms with E-state index in [9.17, 15) is 10.1 Å². The molecule has 0 fully saturated rings. The first-order chi connectivity index (χ1) is 7.06. The molecular weight excluding hydrogens is 218 g/mol. The van der Waals surface area contributed by atoms with Gasteiger partial charge in [0.25, 0.3) is 5.69 Å². The third-order valence-corrected chi connectivity index (χ3v) is 2.10. The van der Waals surface area contributed by atoms with E-state index in [1.165, 1.54) is 6.07 Å². The fourth-order valence-electron chi connectivity index (χ4n) is 1.08. The van der Waals surface area contributed by atoms with Crippen molar-refractivity contribution >= 4 is 23.4 Å². The van der Waals surface area contributed by atoms with E-state index in [2.05, 4.69) is 4.98 Å². The number of pyridine rings is 1. The molecule has 0 unspecified atom stereocenters. The summed E-state index contributed by atoms with van der Waals surface area (Å²) in [7, 11) is 0. The van der Waals surface area contributed by atoms with Crippen LogP contribution < -0.4 is 5.73 Å². The molecule has 2 N–H and O–H groups in total. The van der Waals surface area contributed by atoms with Crippen LogP contribution in [0.25, 0.3) is 6.08 Å². The summed E-state index contributed by atoms with van der Waals surface area (Å²) in [6, 6.07) is 1.39. The number of nitro groups is 1. The number of halogens is 1. The summed E-state index contributed by atoms with van der Waals surface area (Å²) >= 11 is 5.82. The van der Waals surface area contributed by atoms with Crippen LogP contribution in [-0.2, 0) is 0 Å². The van der Waals surface area contributed by atoms with Crippen molar-refractivity contribution in [2.75, 3.05) is 6.54 Å². The number of rotatable bonds is 3. The highest BCUT2D eigenvalue weighted by Crippen LogP contribution is 2.23. The second-order valence-corrected chi connectivity index (χ2v) is 3.23. The van der Waals surface area contributed by atoms with Gasteiger partial charge in [-0.1, -0.05) is 23.8 Å². The van der Waals surface area contributed by atoms with Crippen molar-refractivity contribution in [3.05, 3.63) is 38.7 Å².